The summed E-state index contributed by atoms with van der Waals surface area (Å²) in [6.45, 7) is 0.534. The number of carbonyl (C=O) groups is 1. The van der Waals surface area contributed by atoms with E-state index in [0.29, 0.717) is 27.6 Å². The molecule has 0 atom stereocenters. The molecule has 0 aliphatic carbocycles. The molecule has 0 fully saturated rings. The zero-order valence-corrected chi connectivity index (χ0v) is 20.2. The Hall–Kier alpha value is -3.68. The fourth-order valence-corrected chi connectivity index (χ4v) is 5.13. The highest BCUT2D eigenvalue weighted by Crippen LogP contribution is 2.39. The average molecular weight is 523 g/mol. The number of nitrogens with one attached hydrogen (secondary N) is 1. The highest BCUT2D eigenvalue weighted by molar-refractivity contribution is 7.16. The monoisotopic (exact) mass is 522 g/mol. The lowest BCUT2D eigenvalue weighted by molar-refractivity contribution is -0.136. The average Bonchev–Trinajstić information content (AvgIpc) is 3.31. The van der Waals surface area contributed by atoms with E-state index in [2.05, 4.69) is 10.3 Å². The molecule has 36 heavy (non-hydrogen) atoms. The summed E-state index contributed by atoms with van der Waals surface area (Å²) < 4.78 is 42.0. The molecule has 2 heterocycles. The molecule has 0 amide bonds. The first-order valence-electron chi connectivity index (χ1n) is 11.0. The lowest BCUT2D eigenvalue weighted by Crippen LogP contribution is -2.09. The maximum absolute atomic E-state index is 13.8. The van der Waals surface area contributed by atoms with E-state index in [-0.39, 0.29) is 22.2 Å². The fraction of sp³-hybridized carbons (Fsp3) is 0.0714. The Balaban J connectivity index is 1.66. The van der Waals surface area contributed by atoms with E-state index >= 15 is 0 Å². The van der Waals surface area contributed by atoms with Crippen molar-refractivity contribution >= 4 is 45.3 Å². The first-order valence-corrected chi connectivity index (χ1v) is 12.2. The van der Waals surface area contributed by atoms with Gasteiger partial charge in [-0.3, -0.25) is 9.78 Å². The van der Waals surface area contributed by atoms with Gasteiger partial charge in [0.2, 0.25) is 0 Å². The van der Waals surface area contributed by atoms with Crippen LogP contribution in [0.15, 0.2) is 91.1 Å². The number of aromatic nitrogens is 1. The van der Waals surface area contributed by atoms with Gasteiger partial charge in [-0.15, -0.1) is 11.3 Å². The number of rotatable bonds is 6. The number of fused-ring (bicyclic) bond motifs is 1. The van der Waals surface area contributed by atoms with Gasteiger partial charge >= 0.3 is 6.18 Å². The molecule has 0 unspecified atom stereocenters. The van der Waals surface area contributed by atoms with Crippen LogP contribution >= 0.6 is 22.9 Å². The van der Waals surface area contributed by atoms with Gasteiger partial charge in [0.1, 0.15) is 0 Å². The molecule has 2 aromatic heterocycles. The van der Waals surface area contributed by atoms with E-state index in [1.165, 1.54) is 23.6 Å². The van der Waals surface area contributed by atoms with Crippen LogP contribution < -0.4 is 5.32 Å². The van der Waals surface area contributed by atoms with Crippen LogP contribution in [-0.4, -0.2) is 10.8 Å². The number of nitrogens with zero attached hydrogens (tertiary/aromatic N) is 1. The summed E-state index contributed by atoms with van der Waals surface area (Å²) in [4.78, 5) is 18.6. The van der Waals surface area contributed by atoms with Crippen LogP contribution in [0.25, 0.3) is 22.0 Å². The number of hydrogen-bond acceptors (Lipinski definition) is 4. The number of benzene rings is 3. The molecule has 8 heteroatoms. The van der Waals surface area contributed by atoms with Gasteiger partial charge in [-0.1, -0.05) is 66.2 Å². The highest BCUT2D eigenvalue weighted by atomic mass is 35.5. The zero-order chi connectivity index (χ0) is 25.3. The van der Waals surface area contributed by atoms with Crippen LogP contribution in [0.1, 0.15) is 26.4 Å². The van der Waals surface area contributed by atoms with Gasteiger partial charge in [0, 0.05) is 45.4 Å². The minimum atomic E-state index is -4.58. The first kappa shape index (κ1) is 24.0. The summed E-state index contributed by atoms with van der Waals surface area (Å²) in [7, 11) is 0. The molecular weight excluding hydrogens is 505 g/mol. The maximum Gasteiger partial charge on any atom is 0.418 e. The number of anilines is 1. The molecule has 0 spiro atoms. The minimum absolute atomic E-state index is 0.198. The summed E-state index contributed by atoms with van der Waals surface area (Å²) in [5.41, 5.74) is 1.39. The molecule has 0 saturated heterocycles. The van der Waals surface area contributed by atoms with Crippen LogP contribution in [-0.2, 0) is 12.7 Å². The predicted molar refractivity (Wildman–Crippen MR) is 139 cm³/mol. The Morgan fingerprint density at radius 1 is 0.944 bits per heavy atom. The van der Waals surface area contributed by atoms with E-state index < -0.39 is 11.7 Å². The third-order valence-corrected chi connectivity index (χ3v) is 6.96. The fourth-order valence-electron chi connectivity index (χ4n) is 4.10. The lowest BCUT2D eigenvalue weighted by Gasteiger charge is -2.16. The summed E-state index contributed by atoms with van der Waals surface area (Å²) >= 11 is 7.48. The molecule has 180 valence electrons. The Morgan fingerprint density at radius 2 is 1.72 bits per heavy atom. The molecule has 5 aromatic rings. The third kappa shape index (κ3) is 4.85. The number of ketones is 1. The number of thiophene rings is 1. The molecule has 3 nitrogen and oxygen atoms in total. The normalized spacial score (nSPS) is 11.6. The van der Waals surface area contributed by atoms with Crippen LogP contribution in [0.4, 0.5) is 18.9 Å². The number of hydrogen-bond donors (Lipinski definition) is 1. The van der Waals surface area contributed by atoms with E-state index in [1.807, 2.05) is 24.3 Å². The molecule has 0 aliphatic heterocycles. The number of alkyl halides is 3. The van der Waals surface area contributed by atoms with Gasteiger partial charge in [0.15, 0.2) is 5.78 Å². The topological polar surface area (TPSA) is 42.0 Å². The summed E-state index contributed by atoms with van der Waals surface area (Å²) in [5, 5.41) is 3.58. The molecule has 3 aromatic carbocycles. The number of para-hydroxylation sites is 1. The van der Waals surface area contributed by atoms with Crippen LogP contribution in [0.3, 0.4) is 0 Å². The lowest BCUT2D eigenvalue weighted by atomic mass is 9.91. The largest absolute Gasteiger partial charge is 0.418 e. The summed E-state index contributed by atoms with van der Waals surface area (Å²) in [6.07, 6.45) is -3.34. The van der Waals surface area contributed by atoms with Crippen molar-refractivity contribution in [1.29, 1.82) is 0 Å². The molecule has 0 saturated carbocycles. The second-order valence-electron chi connectivity index (χ2n) is 8.08. The second kappa shape index (κ2) is 9.76. The number of carbonyl (C=O) groups excluding carboxylic acids is 1. The predicted octanol–water partition coefficient (Wildman–Crippen LogP) is 8.48. The molecule has 0 radical (unpaired) electrons. The van der Waals surface area contributed by atoms with Gasteiger partial charge in [-0.25, -0.2) is 0 Å². The van der Waals surface area contributed by atoms with Gasteiger partial charge in [-0.05, 0) is 35.9 Å². The minimum Gasteiger partial charge on any atom is -0.380 e. The zero-order valence-electron chi connectivity index (χ0n) is 18.6. The van der Waals surface area contributed by atoms with E-state index in [4.69, 9.17) is 11.6 Å². The quantitative estimate of drug-likeness (QED) is 0.227. The van der Waals surface area contributed by atoms with Crippen molar-refractivity contribution in [2.75, 3.05) is 5.32 Å². The van der Waals surface area contributed by atoms with Gasteiger partial charge < -0.3 is 5.32 Å². The molecule has 1 N–H and O–H groups in total. The summed E-state index contributed by atoms with van der Waals surface area (Å²) in [6, 6.07) is 23.6. The maximum atomic E-state index is 13.8. The van der Waals surface area contributed by atoms with Crippen molar-refractivity contribution in [3.8, 4) is 11.1 Å². The Morgan fingerprint density at radius 3 is 2.44 bits per heavy atom. The van der Waals surface area contributed by atoms with Crippen molar-refractivity contribution in [2.45, 2.75) is 12.7 Å². The first-order chi connectivity index (χ1) is 17.3. The van der Waals surface area contributed by atoms with Gasteiger partial charge in [0.25, 0.3) is 0 Å². The van der Waals surface area contributed by atoms with Crippen LogP contribution in [0, 0.1) is 0 Å². The van der Waals surface area contributed by atoms with Crippen molar-refractivity contribution in [3.05, 3.63) is 117 Å². The molecule has 0 bridgehead atoms. The van der Waals surface area contributed by atoms with Crippen LogP contribution in [0.2, 0.25) is 4.34 Å². The number of halogens is 4. The molecule has 0 aliphatic rings. The second-order valence-corrected chi connectivity index (χ2v) is 9.88. The smallest absolute Gasteiger partial charge is 0.380 e. The Labute approximate surface area is 214 Å². The summed E-state index contributed by atoms with van der Waals surface area (Å²) in [5.74, 6) is -0.316. The van der Waals surface area contributed by atoms with E-state index in [1.54, 1.807) is 48.5 Å². The van der Waals surface area contributed by atoms with E-state index in [9.17, 15) is 18.0 Å². The van der Waals surface area contributed by atoms with Gasteiger partial charge in [-0.2, -0.15) is 13.2 Å². The van der Waals surface area contributed by atoms with Crippen molar-refractivity contribution in [3.63, 3.8) is 0 Å². The standard InChI is InChI=1S/C28H18ClF3N2OS/c29-24-13-12-20(36-24)15-33-19-9-4-8-18(14-19)25-21-10-5-11-23(28(30,31)32)26(21)34-16-22(25)27(35)17-6-2-1-3-7-17/h1-14,16,33H,15H2. The van der Waals surface area contributed by atoms with Gasteiger partial charge in [0.05, 0.1) is 15.4 Å². The van der Waals surface area contributed by atoms with Crippen molar-refractivity contribution in [1.82, 2.24) is 4.98 Å². The van der Waals surface area contributed by atoms with Crippen molar-refractivity contribution < 1.29 is 18.0 Å². The van der Waals surface area contributed by atoms with Crippen LogP contribution in [0.5, 0.6) is 0 Å². The number of pyridine rings is 1. The highest BCUT2D eigenvalue weighted by Gasteiger charge is 2.34. The van der Waals surface area contributed by atoms with E-state index in [0.717, 1.165) is 16.6 Å². The molecule has 5 rings (SSSR count). The Bertz CT molecular complexity index is 1560. The SMILES string of the molecule is O=C(c1ccccc1)c1cnc2c(C(F)(F)F)cccc2c1-c1cccc(NCc2ccc(Cl)s2)c1. The Kier molecular flexibility index (Phi) is 6.51. The third-order valence-electron chi connectivity index (χ3n) is 5.73. The van der Waals surface area contributed by atoms with Crippen molar-refractivity contribution in [2.24, 2.45) is 0 Å². The molecular formula is C28H18ClF3N2OS.